The minimum atomic E-state index is -0.326. The van der Waals surface area contributed by atoms with Crippen molar-refractivity contribution < 1.29 is 14.3 Å². The molecule has 27 heavy (non-hydrogen) atoms. The van der Waals surface area contributed by atoms with E-state index in [9.17, 15) is 9.59 Å². The van der Waals surface area contributed by atoms with Crippen LogP contribution in [0.25, 0.3) is 0 Å². The highest BCUT2D eigenvalue weighted by atomic mass is 32.1. The van der Waals surface area contributed by atoms with Crippen molar-refractivity contribution in [1.82, 2.24) is 0 Å². The van der Waals surface area contributed by atoms with Crippen molar-refractivity contribution in [3.8, 4) is 0 Å². The van der Waals surface area contributed by atoms with E-state index in [-0.39, 0.29) is 17.8 Å². The predicted octanol–water partition coefficient (Wildman–Crippen LogP) is 5.18. The zero-order valence-electron chi connectivity index (χ0n) is 16.2. The highest BCUT2D eigenvalue weighted by Crippen LogP contribution is 2.40. The number of ether oxygens (including phenoxy) is 1. The molecule has 1 amide bonds. The zero-order valence-corrected chi connectivity index (χ0v) is 17.0. The molecule has 1 aromatic heterocycles. The molecule has 0 fully saturated rings. The molecule has 0 spiro atoms. The van der Waals surface area contributed by atoms with Gasteiger partial charge in [-0.25, -0.2) is 4.79 Å². The van der Waals surface area contributed by atoms with E-state index in [1.165, 1.54) is 16.2 Å². The van der Waals surface area contributed by atoms with Crippen LogP contribution >= 0.6 is 11.3 Å². The van der Waals surface area contributed by atoms with Crippen LogP contribution in [0.15, 0.2) is 30.3 Å². The number of carbonyl (C=O) groups is 2. The summed E-state index contributed by atoms with van der Waals surface area (Å²) in [5.41, 5.74) is 2.63. The van der Waals surface area contributed by atoms with Gasteiger partial charge in [0, 0.05) is 4.88 Å². The van der Waals surface area contributed by atoms with Gasteiger partial charge < -0.3 is 10.1 Å². The van der Waals surface area contributed by atoms with Gasteiger partial charge in [0.25, 0.3) is 0 Å². The molecule has 0 saturated carbocycles. The summed E-state index contributed by atoms with van der Waals surface area (Å²) < 4.78 is 5.29. The highest BCUT2D eigenvalue weighted by Gasteiger charge is 2.30. The summed E-state index contributed by atoms with van der Waals surface area (Å²) in [5.74, 6) is -0.0322. The highest BCUT2D eigenvalue weighted by molar-refractivity contribution is 7.17. The fourth-order valence-electron chi connectivity index (χ4n) is 3.71. The maximum Gasteiger partial charge on any atom is 0.341 e. The van der Waals surface area contributed by atoms with Crippen molar-refractivity contribution in [2.24, 2.45) is 5.92 Å². The Morgan fingerprint density at radius 3 is 2.67 bits per heavy atom. The summed E-state index contributed by atoms with van der Waals surface area (Å²) in [6.07, 6.45) is 3.59. The SMILES string of the molecule is CCOC(=O)c1c(NC(=O)[C@H](CC)c2ccccc2)sc2c1CC[C@@H](C)C2. The van der Waals surface area contributed by atoms with E-state index in [0.29, 0.717) is 29.5 Å². The number of esters is 1. The molecule has 0 radical (unpaired) electrons. The maximum absolute atomic E-state index is 13.0. The lowest BCUT2D eigenvalue weighted by atomic mass is 9.88. The molecule has 4 nitrogen and oxygen atoms in total. The smallest absolute Gasteiger partial charge is 0.341 e. The first kappa shape index (κ1) is 19.6. The van der Waals surface area contributed by atoms with Crippen LogP contribution in [0.1, 0.15) is 65.9 Å². The Labute approximate surface area is 164 Å². The topological polar surface area (TPSA) is 55.4 Å². The van der Waals surface area contributed by atoms with E-state index in [2.05, 4.69) is 12.2 Å². The van der Waals surface area contributed by atoms with Crippen LogP contribution in [0.2, 0.25) is 0 Å². The van der Waals surface area contributed by atoms with Crippen LogP contribution in [0.3, 0.4) is 0 Å². The number of thiophene rings is 1. The van der Waals surface area contributed by atoms with E-state index < -0.39 is 0 Å². The number of rotatable bonds is 6. The largest absolute Gasteiger partial charge is 0.462 e. The van der Waals surface area contributed by atoms with Crippen LogP contribution in [0.4, 0.5) is 5.00 Å². The minimum Gasteiger partial charge on any atom is -0.462 e. The maximum atomic E-state index is 13.0. The summed E-state index contributed by atoms with van der Waals surface area (Å²) in [4.78, 5) is 26.8. The van der Waals surface area contributed by atoms with Gasteiger partial charge in [0.1, 0.15) is 5.00 Å². The number of hydrogen-bond donors (Lipinski definition) is 1. The Morgan fingerprint density at radius 2 is 2.00 bits per heavy atom. The van der Waals surface area contributed by atoms with Gasteiger partial charge in [-0.2, -0.15) is 0 Å². The van der Waals surface area contributed by atoms with Gasteiger partial charge in [-0.05, 0) is 49.7 Å². The van der Waals surface area contributed by atoms with Gasteiger partial charge in [0.2, 0.25) is 5.91 Å². The first-order chi connectivity index (χ1) is 13.0. The summed E-state index contributed by atoms with van der Waals surface area (Å²) >= 11 is 1.54. The van der Waals surface area contributed by atoms with Crippen molar-refractivity contribution in [2.75, 3.05) is 11.9 Å². The molecule has 2 atom stereocenters. The van der Waals surface area contributed by atoms with Crippen molar-refractivity contribution in [1.29, 1.82) is 0 Å². The molecule has 1 aromatic carbocycles. The second-order valence-corrected chi connectivity index (χ2v) is 8.24. The van der Waals surface area contributed by atoms with Crippen LogP contribution in [0.5, 0.6) is 0 Å². The lowest BCUT2D eigenvalue weighted by Crippen LogP contribution is -2.22. The quantitative estimate of drug-likeness (QED) is 0.697. The summed E-state index contributed by atoms with van der Waals surface area (Å²) in [6, 6.07) is 9.78. The molecule has 3 rings (SSSR count). The molecule has 1 aliphatic rings. The van der Waals surface area contributed by atoms with Gasteiger partial charge in [-0.15, -0.1) is 11.3 Å². The Balaban J connectivity index is 1.91. The van der Waals surface area contributed by atoms with Gasteiger partial charge in [-0.1, -0.05) is 44.2 Å². The first-order valence-electron chi connectivity index (χ1n) is 9.72. The number of hydrogen-bond acceptors (Lipinski definition) is 4. The number of anilines is 1. The molecule has 144 valence electrons. The normalized spacial score (nSPS) is 17.1. The third-order valence-electron chi connectivity index (χ3n) is 5.15. The molecule has 5 heteroatoms. The van der Waals surface area contributed by atoms with Crippen LogP contribution in [0, 0.1) is 5.92 Å². The molecule has 0 saturated heterocycles. The molecule has 0 unspecified atom stereocenters. The van der Waals surface area contributed by atoms with Gasteiger partial charge in [-0.3, -0.25) is 4.79 Å². The third kappa shape index (κ3) is 4.24. The van der Waals surface area contributed by atoms with Crippen molar-refractivity contribution in [3.05, 3.63) is 51.9 Å². The average Bonchev–Trinajstić information content (AvgIpc) is 3.00. The summed E-state index contributed by atoms with van der Waals surface area (Å²) in [6.45, 7) is 6.37. The Hall–Kier alpha value is -2.14. The molecule has 0 bridgehead atoms. The monoisotopic (exact) mass is 385 g/mol. The zero-order chi connectivity index (χ0) is 19.4. The lowest BCUT2D eigenvalue weighted by Gasteiger charge is -2.18. The van der Waals surface area contributed by atoms with Crippen LogP contribution < -0.4 is 5.32 Å². The van der Waals surface area contributed by atoms with Gasteiger partial charge >= 0.3 is 5.97 Å². The Kier molecular flexibility index (Phi) is 6.32. The second-order valence-electron chi connectivity index (χ2n) is 7.14. The average molecular weight is 386 g/mol. The molecule has 1 aliphatic carbocycles. The van der Waals surface area contributed by atoms with E-state index in [1.807, 2.05) is 37.3 Å². The number of benzene rings is 1. The van der Waals surface area contributed by atoms with Crippen molar-refractivity contribution >= 4 is 28.2 Å². The van der Waals surface area contributed by atoms with E-state index in [0.717, 1.165) is 30.4 Å². The summed E-state index contributed by atoms with van der Waals surface area (Å²) in [7, 11) is 0. The number of amides is 1. The number of nitrogens with one attached hydrogen (secondary N) is 1. The van der Waals surface area contributed by atoms with Crippen LogP contribution in [-0.4, -0.2) is 18.5 Å². The standard InChI is InChI=1S/C22H27NO3S/c1-4-16(15-9-7-6-8-10-15)20(24)23-21-19(22(25)26-5-2)17-12-11-14(3)13-18(17)27-21/h6-10,14,16H,4-5,11-13H2,1-3H3,(H,23,24)/t14-,16-/m1/s1. The number of fused-ring (bicyclic) bond motifs is 1. The van der Waals surface area contributed by atoms with Gasteiger partial charge in [0.05, 0.1) is 18.1 Å². The lowest BCUT2D eigenvalue weighted by molar-refractivity contribution is -0.117. The molecule has 1 N–H and O–H groups in total. The van der Waals surface area contributed by atoms with Crippen molar-refractivity contribution in [3.63, 3.8) is 0 Å². The fraction of sp³-hybridized carbons (Fsp3) is 0.455. The number of carbonyl (C=O) groups excluding carboxylic acids is 2. The molecular weight excluding hydrogens is 358 g/mol. The van der Waals surface area contributed by atoms with Gasteiger partial charge in [0.15, 0.2) is 0 Å². The molecule has 1 heterocycles. The van der Waals surface area contributed by atoms with Crippen LogP contribution in [-0.2, 0) is 22.4 Å². The first-order valence-corrected chi connectivity index (χ1v) is 10.5. The Morgan fingerprint density at radius 1 is 1.26 bits per heavy atom. The van der Waals surface area contributed by atoms with E-state index in [4.69, 9.17) is 4.74 Å². The van der Waals surface area contributed by atoms with Crippen molar-refractivity contribution in [2.45, 2.75) is 52.4 Å². The Bertz CT molecular complexity index is 812. The summed E-state index contributed by atoms with van der Waals surface area (Å²) in [5, 5.41) is 3.70. The van der Waals surface area contributed by atoms with E-state index >= 15 is 0 Å². The minimum absolute atomic E-state index is 0.0686. The predicted molar refractivity (Wildman–Crippen MR) is 110 cm³/mol. The third-order valence-corrected chi connectivity index (χ3v) is 6.32. The van der Waals surface area contributed by atoms with E-state index in [1.54, 1.807) is 6.92 Å². The molecule has 2 aromatic rings. The molecular formula is C22H27NO3S. The second kappa shape index (κ2) is 8.70. The fourth-order valence-corrected chi connectivity index (χ4v) is 5.12. The molecule has 0 aliphatic heterocycles.